The zero-order valence-corrected chi connectivity index (χ0v) is 15.8. The van der Waals surface area contributed by atoms with Crippen molar-refractivity contribution < 1.29 is 22.7 Å². The van der Waals surface area contributed by atoms with Crippen molar-refractivity contribution in [2.45, 2.75) is 13.8 Å². The van der Waals surface area contributed by atoms with E-state index in [1.807, 2.05) is 13.0 Å². The van der Waals surface area contributed by atoms with Gasteiger partial charge in [0.1, 0.15) is 5.75 Å². The van der Waals surface area contributed by atoms with E-state index in [9.17, 15) is 18.0 Å². The van der Waals surface area contributed by atoms with Gasteiger partial charge in [0.15, 0.2) is 0 Å². The molecule has 0 aliphatic carbocycles. The molecule has 3 rings (SSSR count). The molecule has 2 aromatic carbocycles. The first-order chi connectivity index (χ1) is 12.8. The van der Waals surface area contributed by atoms with Crippen LogP contribution in [0.5, 0.6) is 5.75 Å². The molecule has 1 aliphatic heterocycles. The van der Waals surface area contributed by atoms with Crippen molar-refractivity contribution in [3.8, 4) is 5.75 Å². The Balaban J connectivity index is 1.80. The van der Waals surface area contributed by atoms with E-state index in [2.05, 4.69) is 5.32 Å². The van der Waals surface area contributed by atoms with Gasteiger partial charge in [0, 0.05) is 5.56 Å². The van der Waals surface area contributed by atoms with Crippen LogP contribution in [0.15, 0.2) is 48.5 Å². The van der Waals surface area contributed by atoms with E-state index in [4.69, 9.17) is 4.74 Å². The highest BCUT2D eigenvalue weighted by molar-refractivity contribution is 7.94. The highest BCUT2D eigenvalue weighted by Gasteiger charge is 2.41. The average Bonchev–Trinajstić information content (AvgIpc) is 2.84. The first-order valence-corrected chi connectivity index (χ1v) is 10.1. The van der Waals surface area contributed by atoms with E-state index in [1.165, 1.54) is 24.3 Å². The van der Waals surface area contributed by atoms with Crippen LogP contribution in [0.25, 0.3) is 0 Å². The Labute approximate surface area is 158 Å². The SMILES string of the molecule is CCOc1ccccc1NC(=O)c1ccc(N2C(=O)[C@@H](C)CS2(=O)=O)cc1. The Morgan fingerprint density at radius 3 is 2.44 bits per heavy atom. The predicted molar refractivity (Wildman–Crippen MR) is 102 cm³/mol. The summed E-state index contributed by atoms with van der Waals surface area (Å²) in [6, 6.07) is 13.0. The molecule has 0 unspecified atom stereocenters. The number of amides is 2. The summed E-state index contributed by atoms with van der Waals surface area (Å²) < 4.78 is 30.6. The minimum absolute atomic E-state index is 0.206. The second-order valence-corrected chi connectivity index (χ2v) is 8.07. The lowest BCUT2D eigenvalue weighted by atomic mass is 10.1. The quantitative estimate of drug-likeness (QED) is 0.850. The van der Waals surface area contributed by atoms with Crippen molar-refractivity contribution in [1.82, 2.24) is 0 Å². The fourth-order valence-electron chi connectivity index (χ4n) is 2.88. The molecule has 8 heteroatoms. The van der Waals surface area contributed by atoms with Gasteiger partial charge in [-0.25, -0.2) is 12.7 Å². The maximum atomic E-state index is 12.5. The van der Waals surface area contributed by atoms with E-state index >= 15 is 0 Å². The number of carbonyl (C=O) groups excluding carboxylic acids is 2. The molecule has 27 heavy (non-hydrogen) atoms. The number of ether oxygens (including phenoxy) is 1. The van der Waals surface area contributed by atoms with Crippen molar-refractivity contribution in [1.29, 1.82) is 0 Å². The maximum absolute atomic E-state index is 12.5. The van der Waals surface area contributed by atoms with Crippen molar-refractivity contribution in [3.63, 3.8) is 0 Å². The van der Waals surface area contributed by atoms with Gasteiger partial charge in [0.2, 0.25) is 15.9 Å². The minimum Gasteiger partial charge on any atom is -0.492 e. The summed E-state index contributed by atoms with van der Waals surface area (Å²) in [5.41, 5.74) is 1.11. The summed E-state index contributed by atoms with van der Waals surface area (Å²) in [4.78, 5) is 24.6. The number of rotatable bonds is 5. The van der Waals surface area contributed by atoms with E-state index in [0.29, 0.717) is 23.6 Å². The number of sulfonamides is 1. The number of nitrogens with one attached hydrogen (secondary N) is 1. The zero-order valence-electron chi connectivity index (χ0n) is 15.0. The maximum Gasteiger partial charge on any atom is 0.255 e. The number of hydrogen-bond acceptors (Lipinski definition) is 5. The van der Waals surface area contributed by atoms with E-state index in [0.717, 1.165) is 4.31 Å². The van der Waals surface area contributed by atoms with Crippen LogP contribution in [0.4, 0.5) is 11.4 Å². The first kappa shape index (κ1) is 18.9. The van der Waals surface area contributed by atoms with E-state index in [1.54, 1.807) is 25.1 Å². The first-order valence-electron chi connectivity index (χ1n) is 8.53. The van der Waals surface area contributed by atoms with Gasteiger partial charge in [-0.05, 0) is 43.3 Å². The second-order valence-electron chi connectivity index (χ2n) is 6.21. The molecule has 2 aromatic rings. The lowest BCUT2D eigenvalue weighted by Crippen LogP contribution is -2.30. The van der Waals surface area contributed by atoms with Gasteiger partial charge in [-0.2, -0.15) is 0 Å². The van der Waals surface area contributed by atoms with Crippen LogP contribution in [0.1, 0.15) is 24.2 Å². The molecule has 7 nitrogen and oxygen atoms in total. The highest BCUT2D eigenvalue weighted by atomic mass is 32.2. The molecule has 0 bridgehead atoms. The Kier molecular flexibility index (Phi) is 5.18. The smallest absolute Gasteiger partial charge is 0.255 e. The van der Waals surface area contributed by atoms with Crippen LogP contribution in [-0.2, 0) is 14.8 Å². The lowest BCUT2D eigenvalue weighted by molar-refractivity contribution is -0.119. The van der Waals surface area contributed by atoms with Crippen LogP contribution in [0.3, 0.4) is 0 Å². The summed E-state index contributed by atoms with van der Waals surface area (Å²) in [5.74, 6) is -1.04. The number of para-hydroxylation sites is 2. The molecule has 1 fully saturated rings. The van der Waals surface area contributed by atoms with Gasteiger partial charge in [-0.3, -0.25) is 9.59 Å². The van der Waals surface area contributed by atoms with Crippen LogP contribution in [0, 0.1) is 5.92 Å². The molecule has 1 atom stereocenters. The predicted octanol–water partition coefficient (Wildman–Crippen LogP) is 2.65. The summed E-state index contributed by atoms with van der Waals surface area (Å²) in [7, 11) is -3.67. The van der Waals surface area contributed by atoms with E-state index in [-0.39, 0.29) is 17.3 Å². The molecule has 0 spiro atoms. The highest BCUT2D eigenvalue weighted by Crippen LogP contribution is 2.29. The van der Waals surface area contributed by atoms with Crippen molar-refractivity contribution >= 4 is 33.2 Å². The molecule has 1 N–H and O–H groups in total. The Morgan fingerprint density at radius 2 is 1.85 bits per heavy atom. The number of benzene rings is 2. The third kappa shape index (κ3) is 3.80. The van der Waals surface area contributed by atoms with Crippen LogP contribution < -0.4 is 14.4 Å². The van der Waals surface area contributed by atoms with Crippen molar-refractivity contribution in [2.24, 2.45) is 5.92 Å². The van der Waals surface area contributed by atoms with Gasteiger partial charge in [0.05, 0.1) is 29.7 Å². The number of hydrogen-bond donors (Lipinski definition) is 1. The second kappa shape index (κ2) is 7.40. The van der Waals surface area contributed by atoms with Crippen LogP contribution in [-0.4, -0.2) is 32.6 Å². The van der Waals surface area contributed by atoms with Crippen LogP contribution >= 0.6 is 0 Å². The standard InChI is InChI=1S/C19H20N2O5S/c1-3-26-17-7-5-4-6-16(17)20-18(22)14-8-10-15(11-9-14)21-19(23)13(2)12-27(21,24)25/h4-11,13H,3,12H2,1-2H3,(H,20,22)/t13-/m0/s1. The Bertz CT molecular complexity index is 970. The van der Waals surface area contributed by atoms with Crippen molar-refractivity contribution in [3.05, 3.63) is 54.1 Å². The third-order valence-electron chi connectivity index (χ3n) is 4.16. The molecule has 1 saturated heterocycles. The van der Waals surface area contributed by atoms with Crippen LogP contribution in [0.2, 0.25) is 0 Å². The van der Waals surface area contributed by atoms with Gasteiger partial charge in [0.25, 0.3) is 5.91 Å². The van der Waals surface area contributed by atoms with Gasteiger partial charge >= 0.3 is 0 Å². The number of nitrogens with zero attached hydrogens (tertiary/aromatic N) is 1. The summed E-state index contributed by atoms with van der Waals surface area (Å²) >= 11 is 0. The summed E-state index contributed by atoms with van der Waals surface area (Å²) in [6.45, 7) is 3.90. The fraction of sp³-hybridized carbons (Fsp3) is 0.263. The minimum atomic E-state index is -3.67. The molecule has 1 heterocycles. The number of carbonyl (C=O) groups is 2. The lowest BCUT2D eigenvalue weighted by Gasteiger charge is -2.16. The zero-order chi connectivity index (χ0) is 19.6. The van der Waals surface area contributed by atoms with Gasteiger partial charge < -0.3 is 10.1 Å². The topological polar surface area (TPSA) is 92.8 Å². The monoisotopic (exact) mass is 388 g/mol. The Morgan fingerprint density at radius 1 is 1.19 bits per heavy atom. The van der Waals surface area contributed by atoms with Gasteiger partial charge in [-0.1, -0.05) is 19.1 Å². The Hall–Kier alpha value is -2.87. The third-order valence-corrected chi connectivity index (χ3v) is 6.03. The molecule has 0 radical (unpaired) electrons. The molecule has 2 amide bonds. The molecular weight excluding hydrogens is 368 g/mol. The fourth-order valence-corrected chi connectivity index (χ4v) is 4.70. The largest absolute Gasteiger partial charge is 0.492 e. The van der Waals surface area contributed by atoms with E-state index < -0.39 is 21.8 Å². The van der Waals surface area contributed by atoms with Gasteiger partial charge in [-0.15, -0.1) is 0 Å². The van der Waals surface area contributed by atoms with Crippen molar-refractivity contribution in [2.75, 3.05) is 22.0 Å². The number of anilines is 2. The molecule has 0 aromatic heterocycles. The normalized spacial score (nSPS) is 18.4. The summed E-state index contributed by atoms with van der Waals surface area (Å²) in [5, 5.41) is 2.77. The molecular formula is C19H20N2O5S. The summed E-state index contributed by atoms with van der Waals surface area (Å²) in [6.07, 6.45) is 0. The molecule has 1 aliphatic rings. The molecule has 142 valence electrons. The molecule has 0 saturated carbocycles. The average molecular weight is 388 g/mol.